The zero-order valence-corrected chi connectivity index (χ0v) is 19.6. The van der Waals surface area contributed by atoms with Crippen LogP contribution in [0.2, 0.25) is 0 Å². The summed E-state index contributed by atoms with van der Waals surface area (Å²) in [5.74, 6) is 7.12. The lowest BCUT2D eigenvalue weighted by Crippen LogP contribution is -2.51. The highest BCUT2D eigenvalue weighted by atomic mass is 16.3. The molecular weight excluding hydrogens is 340 g/mol. The van der Waals surface area contributed by atoms with E-state index in [1.54, 1.807) is 0 Å². The van der Waals surface area contributed by atoms with Crippen LogP contribution in [-0.4, -0.2) is 11.7 Å². The number of fused-ring (bicyclic) bond motifs is 5. The molecule has 4 aliphatic rings. The molecule has 4 aliphatic carbocycles. The third-order valence-electron chi connectivity index (χ3n) is 11.0. The Morgan fingerprint density at radius 1 is 0.786 bits per heavy atom. The summed E-state index contributed by atoms with van der Waals surface area (Å²) in [6.45, 7) is 13.1. The lowest BCUT2D eigenvalue weighted by molar-refractivity contribution is -0.0975. The first kappa shape index (κ1) is 21.2. The molecule has 0 radical (unpaired) electrons. The van der Waals surface area contributed by atoms with Crippen molar-refractivity contribution >= 4 is 0 Å². The summed E-state index contributed by atoms with van der Waals surface area (Å²) in [5.41, 5.74) is 1.16. The van der Waals surface area contributed by atoms with Crippen molar-refractivity contribution in [1.82, 2.24) is 0 Å². The van der Waals surface area contributed by atoms with Crippen molar-refractivity contribution in [3.63, 3.8) is 0 Å². The summed E-state index contributed by atoms with van der Waals surface area (Å²) in [7, 11) is 0. The fraction of sp³-hybridized carbons (Fsp3) is 1.00. The molecule has 1 nitrogen and oxygen atoms in total. The number of hydrogen-bond acceptors (Lipinski definition) is 1. The molecule has 4 rings (SSSR count). The van der Waals surface area contributed by atoms with Crippen LogP contribution in [0, 0.1) is 58.2 Å². The van der Waals surface area contributed by atoms with Gasteiger partial charge >= 0.3 is 0 Å². The van der Waals surface area contributed by atoms with Crippen LogP contribution in [0.25, 0.3) is 0 Å². The summed E-state index contributed by atoms with van der Waals surface area (Å²) in [5, 5.41) is 9.91. The van der Waals surface area contributed by atoms with Gasteiger partial charge in [0.15, 0.2) is 0 Å². The van der Waals surface area contributed by atoms with Gasteiger partial charge in [-0.25, -0.2) is 0 Å². The number of hydrogen-bond donors (Lipinski definition) is 1. The zero-order valence-electron chi connectivity index (χ0n) is 19.6. The van der Waals surface area contributed by atoms with E-state index in [1.807, 2.05) is 0 Å². The van der Waals surface area contributed by atoms with Crippen LogP contribution in [0.5, 0.6) is 0 Å². The molecular formula is C27H48O. The van der Waals surface area contributed by atoms with Gasteiger partial charge in [-0.2, -0.15) is 0 Å². The van der Waals surface area contributed by atoms with Crippen molar-refractivity contribution in [2.45, 2.75) is 105 Å². The minimum atomic E-state index is 0.439. The normalized spacial score (nSPS) is 49.0. The molecule has 0 aromatic heterocycles. The molecule has 4 fully saturated rings. The summed E-state index contributed by atoms with van der Waals surface area (Å²) < 4.78 is 0. The molecule has 0 unspecified atom stereocenters. The molecule has 0 saturated heterocycles. The van der Waals surface area contributed by atoms with Gasteiger partial charge < -0.3 is 5.11 Å². The first-order valence-electron chi connectivity index (χ1n) is 12.9. The molecule has 0 amide bonds. The van der Waals surface area contributed by atoms with Gasteiger partial charge in [-0.15, -0.1) is 0 Å². The topological polar surface area (TPSA) is 20.2 Å². The van der Waals surface area contributed by atoms with Crippen LogP contribution < -0.4 is 0 Å². The highest BCUT2D eigenvalue weighted by Gasteiger charge is 2.61. The van der Waals surface area contributed by atoms with E-state index in [0.29, 0.717) is 23.4 Å². The highest BCUT2D eigenvalue weighted by molar-refractivity contribution is 5.10. The quantitative estimate of drug-likeness (QED) is 0.505. The van der Waals surface area contributed by atoms with Gasteiger partial charge in [0, 0.05) is 6.61 Å². The fourth-order valence-corrected chi connectivity index (χ4v) is 9.57. The average Bonchev–Trinajstić information content (AvgIpc) is 3.17. The number of aliphatic hydroxyl groups is 1. The van der Waals surface area contributed by atoms with Gasteiger partial charge in [-0.3, -0.25) is 0 Å². The standard InChI is InChI=1S/C27H48O/c1-18(2)7-6-8-19(3)22-11-12-24-21-9-10-23-20(17-28)13-15-27(23,5)25(21)14-16-26(22,24)4/h18-25,28H,6-17H2,1-5H3/t19-,20+,21+,22-,23+,24+,25+,26-,27+/m1/s1. The Kier molecular flexibility index (Phi) is 5.98. The van der Waals surface area contributed by atoms with Crippen LogP contribution in [-0.2, 0) is 0 Å². The Morgan fingerprint density at radius 3 is 2.18 bits per heavy atom. The summed E-state index contributed by atoms with van der Waals surface area (Å²) >= 11 is 0. The second kappa shape index (κ2) is 7.90. The first-order chi connectivity index (χ1) is 13.3. The van der Waals surface area contributed by atoms with Crippen LogP contribution in [0.4, 0.5) is 0 Å². The summed E-state index contributed by atoms with van der Waals surface area (Å²) in [4.78, 5) is 0. The lowest BCUT2D eigenvalue weighted by atomic mass is 9.46. The Bertz CT molecular complexity index is 540. The van der Waals surface area contributed by atoms with Gasteiger partial charge in [0.05, 0.1) is 0 Å². The summed E-state index contributed by atoms with van der Waals surface area (Å²) in [6.07, 6.45) is 15.9. The smallest absolute Gasteiger partial charge is 0.0462 e. The van der Waals surface area contributed by atoms with E-state index in [9.17, 15) is 5.11 Å². The lowest BCUT2D eigenvalue weighted by Gasteiger charge is -2.58. The minimum Gasteiger partial charge on any atom is -0.396 e. The molecule has 1 heteroatoms. The van der Waals surface area contributed by atoms with E-state index in [0.717, 1.165) is 41.4 Å². The molecule has 0 aromatic carbocycles. The van der Waals surface area contributed by atoms with Gasteiger partial charge in [0.2, 0.25) is 0 Å². The maximum absolute atomic E-state index is 9.91. The van der Waals surface area contributed by atoms with Gasteiger partial charge in [0.1, 0.15) is 0 Å². The van der Waals surface area contributed by atoms with Crippen LogP contribution in [0.1, 0.15) is 105 Å². The van der Waals surface area contributed by atoms with Gasteiger partial charge in [-0.05, 0) is 110 Å². The zero-order chi connectivity index (χ0) is 20.1. The van der Waals surface area contributed by atoms with E-state index in [-0.39, 0.29) is 0 Å². The van der Waals surface area contributed by atoms with Crippen molar-refractivity contribution in [3.05, 3.63) is 0 Å². The van der Waals surface area contributed by atoms with E-state index in [4.69, 9.17) is 0 Å². The van der Waals surface area contributed by atoms with Gasteiger partial charge in [0.25, 0.3) is 0 Å². The van der Waals surface area contributed by atoms with Crippen LogP contribution in [0.15, 0.2) is 0 Å². The van der Waals surface area contributed by atoms with Gasteiger partial charge in [-0.1, -0.05) is 53.9 Å². The second-order valence-electron chi connectivity index (χ2n) is 12.6. The molecule has 4 saturated carbocycles. The maximum atomic E-state index is 9.91. The molecule has 9 atom stereocenters. The predicted molar refractivity (Wildman–Crippen MR) is 119 cm³/mol. The van der Waals surface area contributed by atoms with E-state index < -0.39 is 0 Å². The maximum Gasteiger partial charge on any atom is 0.0462 e. The Balaban J connectivity index is 1.46. The third-order valence-corrected chi connectivity index (χ3v) is 11.0. The molecule has 0 aromatic rings. The number of rotatable bonds is 6. The first-order valence-corrected chi connectivity index (χ1v) is 12.9. The third kappa shape index (κ3) is 3.30. The fourth-order valence-electron chi connectivity index (χ4n) is 9.57. The van der Waals surface area contributed by atoms with E-state index in [2.05, 4.69) is 34.6 Å². The monoisotopic (exact) mass is 388 g/mol. The molecule has 0 spiro atoms. The van der Waals surface area contributed by atoms with E-state index >= 15 is 0 Å². The van der Waals surface area contributed by atoms with E-state index in [1.165, 1.54) is 70.6 Å². The Morgan fingerprint density at radius 2 is 1.46 bits per heavy atom. The SMILES string of the molecule is CC(C)CCC[C@@H](C)[C@H]1CC[C@H]2[C@@H]3CC[C@H]4[C@H](CO)CC[C@]4(C)[C@H]3CC[C@]12C. The molecule has 0 bridgehead atoms. The molecule has 28 heavy (non-hydrogen) atoms. The largest absolute Gasteiger partial charge is 0.396 e. The molecule has 1 N–H and O–H groups in total. The van der Waals surface area contributed by atoms with Crippen LogP contribution in [0.3, 0.4) is 0 Å². The van der Waals surface area contributed by atoms with Crippen molar-refractivity contribution < 1.29 is 5.11 Å². The van der Waals surface area contributed by atoms with Crippen molar-refractivity contribution in [1.29, 1.82) is 0 Å². The van der Waals surface area contributed by atoms with Crippen molar-refractivity contribution in [2.75, 3.05) is 6.61 Å². The van der Waals surface area contributed by atoms with Crippen molar-refractivity contribution in [2.24, 2.45) is 58.2 Å². The highest BCUT2D eigenvalue weighted by Crippen LogP contribution is 2.69. The molecule has 0 aliphatic heterocycles. The number of aliphatic hydroxyl groups excluding tert-OH is 1. The second-order valence-corrected chi connectivity index (χ2v) is 12.6. The van der Waals surface area contributed by atoms with Crippen molar-refractivity contribution in [3.8, 4) is 0 Å². The predicted octanol–water partition coefficient (Wildman–Crippen LogP) is 7.33. The van der Waals surface area contributed by atoms with Crippen LogP contribution >= 0.6 is 0 Å². The molecule has 162 valence electrons. The Labute approximate surface area is 175 Å². The average molecular weight is 389 g/mol. The molecule has 0 heterocycles. The Hall–Kier alpha value is -0.0400. The summed E-state index contributed by atoms with van der Waals surface area (Å²) in [6, 6.07) is 0. The minimum absolute atomic E-state index is 0.439.